The fourth-order valence-corrected chi connectivity index (χ4v) is 4.62. The molecule has 6 nitrogen and oxygen atoms in total. The van der Waals surface area contributed by atoms with E-state index in [2.05, 4.69) is 15.5 Å². The van der Waals surface area contributed by atoms with Crippen LogP contribution >= 0.6 is 36.4 Å². The summed E-state index contributed by atoms with van der Waals surface area (Å²) in [6.07, 6.45) is 5.91. The standard InChI is InChI=1S/C12H13FN2O.C11H15ClN2O.2ClH/c13-9-1-2-10-11(7-9)16-15-12(10)8-3-5-14-6-4-8;1-8-9(5-6-12)11(15)14-7-3-2-4-10(14)13-8;;/h1-2,7-8,14H,3-6H2;2-7H2,1H3;2*1H. The van der Waals surface area contributed by atoms with Crippen molar-refractivity contribution in [3.05, 3.63) is 57.1 Å². The lowest BCUT2D eigenvalue weighted by atomic mass is 9.93. The molecule has 10 heteroatoms. The van der Waals surface area contributed by atoms with Crippen LogP contribution in [0.2, 0.25) is 0 Å². The van der Waals surface area contributed by atoms with E-state index in [4.69, 9.17) is 16.1 Å². The number of aryl methyl sites for hydroxylation is 2. The Kier molecular flexibility index (Phi) is 10.6. The van der Waals surface area contributed by atoms with Gasteiger partial charge in [0.1, 0.15) is 11.6 Å². The van der Waals surface area contributed by atoms with Crippen molar-refractivity contribution in [2.24, 2.45) is 0 Å². The highest BCUT2D eigenvalue weighted by atomic mass is 35.5. The number of hydrogen-bond donors (Lipinski definition) is 1. The van der Waals surface area contributed by atoms with Gasteiger partial charge in [-0.25, -0.2) is 9.37 Å². The van der Waals surface area contributed by atoms with Crippen LogP contribution in [0.1, 0.15) is 54.4 Å². The molecule has 1 aromatic carbocycles. The zero-order chi connectivity index (χ0) is 21.8. The van der Waals surface area contributed by atoms with Gasteiger partial charge in [0.15, 0.2) is 5.58 Å². The number of nitrogens with zero attached hydrogens (tertiary/aromatic N) is 3. The molecule has 0 bridgehead atoms. The first-order chi connectivity index (χ1) is 15.1. The molecule has 33 heavy (non-hydrogen) atoms. The number of rotatable bonds is 3. The van der Waals surface area contributed by atoms with Crippen LogP contribution in [0.3, 0.4) is 0 Å². The highest BCUT2D eigenvalue weighted by Crippen LogP contribution is 2.30. The summed E-state index contributed by atoms with van der Waals surface area (Å²) in [5, 5.41) is 8.36. The second-order valence-corrected chi connectivity index (χ2v) is 8.56. The molecule has 1 saturated heterocycles. The predicted octanol–water partition coefficient (Wildman–Crippen LogP) is 4.95. The lowest BCUT2D eigenvalue weighted by Crippen LogP contribution is -2.32. The number of fused-ring (bicyclic) bond motifs is 2. The van der Waals surface area contributed by atoms with Crippen molar-refractivity contribution < 1.29 is 8.91 Å². The molecule has 0 aliphatic carbocycles. The molecule has 5 rings (SSSR count). The molecule has 0 unspecified atom stereocenters. The minimum Gasteiger partial charge on any atom is -0.356 e. The van der Waals surface area contributed by atoms with E-state index < -0.39 is 0 Å². The van der Waals surface area contributed by atoms with E-state index in [1.807, 2.05) is 11.5 Å². The predicted molar refractivity (Wildman–Crippen MR) is 134 cm³/mol. The number of halogens is 4. The van der Waals surface area contributed by atoms with Gasteiger partial charge in [0.2, 0.25) is 0 Å². The Morgan fingerprint density at radius 2 is 2.00 bits per heavy atom. The van der Waals surface area contributed by atoms with Crippen LogP contribution < -0.4 is 10.9 Å². The Labute approximate surface area is 210 Å². The Bertz CT molecular complexity index is 1110. The average molecular weight is 520 g/mol. The number of hydrogen-bond acceptors (Lipinski definition) is 5. The van der Waals surface area contributed by atoms with Crippen LogP contribution in [-0.4, -0.2) is 33.7 Å². The Morgan fingerprint density at radius 3 is 2.73 bits per heavy atom. The quantitative estimate of drug-likeness (QED) is 0.496. The number of alkyl halides is 1. The van der Waals surface area contributed by atoms with Gasteiger partial charge in [-0.1, -0.05) is 5.16 Å². The van der Waals surface area contributed by atoms with Crippen LogP contribution in [0, 0.1) is 12.7 Å². The summed E-state index contributed by atoms with van der Waals surface area (Å²) in [5.74, 6) is 1.59. The third-order valence-electron chi connectivity index (χ3n) is 6.11. The Balaban J connectivity index is 0.000000221. The number of nitrogens with one attached hydrogen (secondary N) is 1. The third kappa shape index (κ3) is 6.27. The first-order valence-electron chi connectivity index (χ1n) is 11.0. The van der Waals surface area contributed by atoms with E-state index in [9.17, 15) is 9.18 Å². The van der Waals surface area contributed by atoms with E-state index in [1.54, 1.807) is 6.07 Å². The summed E-state index contributed by atoms with van der Waals surface area (Å²) in [4.78, 5) is 16.6. The molecule has 2 aliphatic rings. The van der Waals surface area contributed by atoms with Gasteiger partial charge in [-0.2, -0.15) is 0 Å². The molecule has 2 aliphatic heterocycles. The van der Waals surface area contributed by atoms with Crippen LogP contribution in [-0.2, 0) is 19.4 Å². The second kappa shape index (κ2) is 12.7. The largest absolute Gasteiger partial charge is 0.356 e. The highest BCUT2D eigenvalue weighted by molar-refractivity contribution is 6.18. The first-order valence-corrected chi connectivity index (χ1v) is 11.5. The van der Waals surface area contributed by atoms with Crippen molar-refractivity contribution in [2.45, 2.75) is 57.9 Å². The summed E-state index contributed by atoms with van der Waals surface area (Å²) < 4.78 is 20.0. The van der Waals surface area contributed by atoms with Crippen LogP contribution in [0.5, 0.6) is 0 Å². The monoisotopic (exact) mass is 518 g/mol. The molecule has 1 N–H and O–H groups in total. The molecule has 0 amide bonds. The van der Waals surface area contributed by atoms with Gasteiger partial charge in [-0.05, 0) is 64.3 Å². The molecule has 3 aromatic rings. The van der Waals surface area contributed by atoms with E-state index in [1.165, 1.54) is 12.1 Å². The van der Waals surface area contributed by atoms with E-state index in [-0.39, 0.29) is 36.2 Å². The normalized spacial score (nSPS) is 15.6. The van der Waals surface area contributed by atoms with Crippen molar-refractivity contribution in [3.63, 3.8) is 0 Å². The molecule has 1 fully saturated rings. The van der Waals surface area contributed by atoms with Crippen molar-refractivity contribution in [1.29, 1.82) is 0 Å². The molecule has 0 atom stereocenters. The van der Waals surface area contributed by atoms with Gasteiger partial charge >= 0.3 is 0 Å². The van der Waals surface area contributed by atoms with Gasteiger partial charge in [-0.15, -0.1) is 36.4 Å². The average Bonchev–Trinajstić information content (AvgIpc) is 3.21. The number of aromatic nitrogens is 3. The molecular formula is C23H30Cl3FN4O2. The fraction of sp³-hybridized carbons (Fsp3) is 0.522. The van der Waals surface area contributed by atoms with Gasteiger partial charge in [0.25, 0.3) is 5.56 Å². The van der Waals surface area contributed by atoms with Gasteiger partial charge in [0.05, 0.1) is 5.69 Å². The second-order valence-electron chi connectivity index (χ2n) is 8.18. The first kappa shape index (κ1) is 27.6. The summed E-state index contributed by atoms with van der Waals surface area (Å²) >= 11 is 5.69. The highest BCUT2D eigenvalue weighted by Gasteiger charge is 2.21. The summed E-state index contributed by atoms with van der Waals surface area (Å²) in [7, 11) is 0. The van der Waals surface area contributed by atoms with E-state index >= 15 is 0 Å². The van der Waals surface area contributed by atoms with Crippen LogP contribution in [0.4, 0.5) is 4.39 Å². The molecule has 0 spiro atoms. The maximum absolute atomic E-state index is 13.0. The van der Waals surface area contributed by atoms with E-state index in [0.29, 0.717) is 23.8 Å². The zero-order valence-electron chi connectivity index (χ0n) is 18.6. The minimum absolute atomic E-state index is 0. The third-order valence-corrected chi connectivity index (χ3v) is 6.30. The molecular weight excluding hydrogens is 490 g/mol. The number of piperidine rings is 1. The van der Waals surface area contributed by atoms with Gasteiger partial charge in [-0.3, -0.25) is 9.36 Å². The molecule has 2 aromatic heterocycles. The van der Waals surface area contributed by atoms with Gasteiger partial charge in [0, 0.05) is 47.5 Å². The lowest BCUT2D eigenvalue weighted by molar-refractivity contribution is 0.403. The fourth-order valence-electron chi connectivity index (χ4n) is 4.43. The summed E-state index contributed by atoms with van der Waals surface area (Å²) in [6, 6.07) is 4.62. The smallest absolute Gasteiger partial charge is 0.256 e. The Morgan fingerprint density at radius 1 is 1.24 bits per heavy atom. The zero-order valence-corrected chi connectivity index (χ0v) is 21.0. The lowest BCUT2D eigenvalue weighted by Gasteiger charge is -2.20. The van der Waals surface area contributed by atoms with Crippen molar-refractivity contribution in [1.82, 2.24) is 20.0 Å². The topological polar surface area (TPSA) is 73.0 Å². The molecule has 0 saturated carbocycles. The molecule has 182 valence electrons. The van der Waals surface area contributed by atoms with Crippen molar-refractivity contribution >= 4 is 47.4 Å². The maximum atomic E-state index is 13.0. The van der Waals surface area contributed by atoms with Gasteiger partial charge < -0.3 is 9.84 Å². The summed E-state index contributed by atoms with van der Waals surface area (Å²) in [5.41, 5.74) is 3.30. The minimum atomic E-state index is -0.277. The van der Waals surface area contributed by atoms with Crippen molar-refractivity contribution in [2.75, 3.05) is 19.0 Å². The summed E-state index contributed by atoms with van der Waals surface area (Å²) in [6.45, 7) is 4.75. The maximum Gasteiger partial charge on any atom is 0.256 e. The molecule has 4 heterocycles. The number of benzene rings is 1. The SMILES string of the molecule is Cc1nc2n(c(=O)c1CCCl)CCCC2.Cl.Cl.Fc1ccc2c(C3CCNCC3)noc2c1. The van der Waals surface area contributed by atoms with Crippen LogP contribution in [0.15, 0.2) is 27.5 Å². The molecule has 0 radical (unpaired) electrons. The van der Waals surface area contributed by atoms with Crippen LogP contribution in [0.25, 0.3) is 11.0 Å². The Hall–Kier alpha value is -1.67. The van der Waals surface area contributed by atoms with E-state index in [0.717, 1.165) is 79.9 Å². The van der Waals surface area contributed by atoms with Crippen molar-refractivity contribution in [3.8, 4) is 0 Å².